The summed E-state index contributed by atoms with van der Waals surface area (Å²) in [6, 6.07) is 20.1. The maximum Gasteiger partial charge on any atom is 0.236 e. The van der Waals surface area contributed by atoms with Crippen molar-refractivity contribution in [2.45, 2.75) is 12.3 Å². The van der Waals surface area contributed by atoms with Crippen molar-refractivity contribution in [3.8, 4) is 0 Å². The third kappa shape index (κ3) is 3.57. The molecule has 2 aromatic carbocycles. The predicted molar refractivity (Wildman–Crippen MR) is 96.7 cm³/mol. The summed E-state index contributed by atoms with van der Waals surface area (Å²) in [5.41, 5.74) is 1.41. The number of hydrogen-bond acceptors (Lipinski definition) is 2. The Bertz CT molecular complexity index is 690. The van der Waals surface area contributed by atoms with Gasteiger partial charge in [0.2, 0.25) is 5.91 Å². The number of amides is 1. The molecule has 1 fully saturated rings. The highest BCUT2D eigenvalue weighted by Gasteiger charge is 2.36. The SMILES string of the molecule is CC(C=Cc1ccccc1)(C(=O)N1CCOCC1)c1ccccc1. The molecule has 1 atom stereocenters. The van der Waals surface area contributed by atoms with Crippen LogP contribution in [0.25, 0.3) is 6.08 Å². The second-order valence-corrected chi connectivity index (χ2v) is 6.22. The van der Waals surface area contributed by atoms with Crippen LogP contribution in [0.3, 0.4) is 0 Å². The summed E-state index contributed by atoms with van der Waals surface area (Å²) in [7, 11) is 0. The summed E-state index contributed by atoms with van der Waals surface area (Å²) in [5.74, 6) is 0.129. The standard InChI is InChI=1S/C21H23NO2/c1-21(19-10-6-3-7-11-19,13-12-18-8-4-2-5-9-18)20(23)22-14-16-24-17-15-22/h2-13H,14-17H2,1H3. The summed E-state index contributed by atoms with van der Waals surface area (Å²) in [6.45, 7) is 4.53. The molecule has 0 N–H and O–H groups in total. The molecule has 3 heteroatoms. The van der Waals surface area contributed by atoms with E-state index in [4.69, 9.17) is 4.74 Å². The van der Waals surface area contributed by atoms with E-state index in [0.717, 1.165) is 11.1 Å². The zero-order valence-electron chi connectivity index (χ0n) is 14.0. The van der Waals surface area contributed by atoms with Crippen LogP contribution in [0, 0.1) is 0 Å². The molecule has 2 aromatic rings. The van der Waals surface area contributed by atoms with Gasteiger partial charge in [-0.3, -0.25) is 4.79 Å². The molecule has 0 spiro atoms. The molecule has 124 valence electrons. The maximum absolute atomic E-state index is 13.3. The van der Waals surface area contributed by atoms with E-state index < -0.39 is 5.41 Å². The Balaban J connectivity index is 1.94. The number of nitrogens with zero attached hydrogens (tertiary/aromatic N) is 1. The van der Waals surface area contributed by atoms with E-state index >= 15 is 0 Å². The fourth-order valence-corrected chi connectivity index (χ4v) is 3.00. The Morgan fingerprint density at radius 3 is 2.21 bits per heavy atom. The van der Waals surface area contributed by atoms with Gasteiger partial charge in [0.25, 0.3) is 0 Å². The molecular weight excluding hydrogens is 298 g/mol. The van der Waals surface area contributed by atoms with Gasteiger partial charge >= 0.3 is 0 Å². The molecule has 3 nitrogen and oxygen atoms in total. The van der Waals surface area contributed by atoms with Crippen molar-refractivity contribution >= 4 is 12.0 Å². The van der Waals surface area contributed by atoms with Gasteiger partial charge in [-0.25, -0.2) is 0 Å². The molecule has 1 unspecified atom stereocenters. The first-order valence-electron chi connectivity index (χ1n) is 8.37. The topological polar surface area (TPSA) is 29.5 Å². The minimum absolute atomic E-state index is 0.129. The lowest BCUT2D eigenvalue weighted by molar-refractivity contribution is -0.139. The Morgan fingerprint density at radius 1 is 1.00 bits per heavy atom. The van der Waals surface area contributed by atoms with Crippen LogP contribution < -0.4 is 0 Å². The first kappa shape index (κ1) is 16.5. The van der Waals surface area contributed by atoms with Crippen molar-refractivity contribution in [3.05, 3.63) is 77.9 Å². The average Bonchev–Trinajstić information content (AvgIpc) is 2.68. The molecule has 3 rings (SSSR count). The van der Waals surface area contributed by atoms with Gasteiger partial charge in [-0.05, 0) is 18.1 Å². The lowest BCUT2D eigenvalue weighted by Crippen LogP contribution is -2.49. The van der Waals surface area contributed by atoms with Gasteiger partial charge in [-0.2, -0.15) is 0 Å². The fraction of sp³-hybridized carbons (Fsp3) is 0.286. The Labute approximate surface area is 143 Å². The molecule has 0 bridgehead atoms. The second-order valence-electron chi connectivity index (χ2n) is 6.22. The van der Waals surface area contributed by atoms with Crippen LogP contribution in [-0.2, 0) is 14.9 Å². The number of ether oxygens (including phenoxy) is 1. The van der Waals surface area contributed by atoms with Crippen molar-refractivity contribution < 1.29 is 9.53 Å². The lowest BCUT2D eigenvalue weighted by Gasteiger charge is -2.35. The molecule has 0 radical (unpaired) electrons. The number of morpholine rings is 1. The van der Waals surface area contributed by atoms with Crippen molar-refractivity contribution in [1.29, 1.82) is 0 Å². The molecular formula is C21H23NO2. The third-order valence-electron chi connectivity index (χ3n) is 4.52. The first-order valence-corrected chi connectivity index (χ1v) is 8.37. The van der Waals surface area contributed by atoms with E-state index in [0.29, 0.717) is 26.3 Å². The van der Waals surface area contributed by atoms with Crippen LogP contribution in [-0.4, -0.2) is 37.1 Å². The average molecular weight is 321 g/mol. The van der Waals surface area contributed by atoms with E-state index in [2.05, 4.69) is 0 Å². The molecule has 1 heterocycles. The van der Waals surface area contributed by atoms with Crippen molar-refractivity contribution in [3.63, 3.8) is 0 Å². The van der Waals surface area contributed by atoms with E-state index in [-0.39, 0.29) is 5.91 Å². The van der Waals surface area contributed by atoms with Gasteiger partial charge in [0.05, 0.1) is 18.6 Å². The highest BCUT2D eigenvalue weighted by atomic mass is 16.5. The molecule has 0 aliphatic carbocycles. The minimum atomic E-state index is -0.686. The number of benzene rings is 2. The van der Waals surface area contributed by atoms with Crippen LogP contribution in [0.15, 0.2) is 66.7 Å². The first-order chi connectivity index (χ1) is 11.7. The highest BCUT2D eigenvalue weighted by molar-refractivity contribution is 5.91. The molecule has 1 aliphatic rings. The predicted octanol–water partition coefficient (Wildman–Crippen LogP) is 3.52. The minimum Gasteiger partial charge on any atom is -0.378 e. The van der Waals surface area contributed by atoms with Crippen molar-refractivity contribution in [1.82, 2.24) is 4.90 Å². The Morgan fingerprint density at radius 2 is 1.58 bits per heavy atom. The quantitative estimate of drug-likeness (QED) is 0.862. The van der Waals surface area contributed by atoms with E-state index in [1.807, 2.05) is 84.6 Å². The molecule has 1 amide bonds. The fourth-order valence-electron chi connectivity index (χ4n) is 3.00. The molecule has 0 aromatic heterocycles. The number of carbonyl (C=O) groups is 1. The van der Waals surface area contributed by atoms with Gasteiger partial charge in [-0.15, -0.1) is 0 Å². The summed E-state index contributed by atoms with van der Waals surface area (Å²) in [5, 5.41) is 0. The zero-order valence-corrected chi connectivity index (χ0v) is 14.0. The monoisotopic (exact) mass is 321 g/mol. The Kier molecular flexibility index (Phi) is 5.11. The highest BCUT2D eigenvalue weighted by Crippen LogP contribution is 2.29. The van der Waals surface area contributed by atoms with Gasteiger partial charge in [0, 0.05) is 13.1 Å². The second kappa shape index (κ2) is 7.45. The van der Waals surface area contributed by atoms with E-state index in [9.17, 15) is 4.79 Å². The molecule has 24 heavy (non-hydrogen) atoms. The summed E-state index contributed by atoms with van der Waals surface area (Å²) >= 11 is 0. The van der Waals surface area contributed by atoms with E-state index in [1.165, 1.54) is 0 Å². The van der Waals surface area contributed by atoms with Crippen LogP contribution >= 0.6 is 0 Å². The van der Waals surface area contributed by atoms with Gasteiger partial charge in [-0.1, -0.05) is 72.8 Å². The largest absolute Gasteiger partial charge is 0.378 e. The van der Waals surface area contributed by atoms with Gasteiger partial charge < -0.3 is 9.64 Å². The van der Waals surface area contributed by atoms with Crippen LogP contribution in [0.4, 0.5) is 0 Å². The molecule has 0 saturated carbocycles. The van der Waals surface area contributed by atoms with Crippen LogP contribution in [0.1, 0.15) is 18.1 Å². The van der Waals surface area contributed by atoms with Crippen LogP contribution in [0.2, 0.25) is 0 Å². The van der Waals surface area contributed by atoms with E-state index in [1.54, 1.807) is 0 Å². The smallest absolute Gasteiger partial charge is 0.236 e. The van der Waals surface area contributed by atoms with Crippen molar-refractivity contribution in [2.75, 3.05) is 26.3 Å². The van der Waals surface area contributed by atoms with Gasteiger partial charge in [0.1, 0.15) is 0 Å². The number of rotatable bonds is 4. The number of hydrogen-bond donors (Lipinski definition) is 0. The maximum atomic E-state index is 13.3. The molecule has 1 saturated heterocycles. The van der Waals surface area contributed by atoms with Gasteiger partial charge in [0.15, 0.2) is 0 Å². The Hall–Kier alpha value is -2.39. The summed E-state index contributed by atoms with van der Waals surface area (Å²) in [6.07, 6.45) is 4.06. The third-order valence-corrected chi connectivity index (χ3v) is 4.52. The zero-order chi connectivity index (χ0) is 16.8. The van der Waals surface area contributed by atoms with Crippen molar-refractivity contribution in [2.24, 2.45) is 0 Å². The van der Waals surface area contributed by atoms with Crippen LogP contribution in [0.5, 0.6) is 0 Å². The summed E-state index contributed by atoms with van der Waals surface area (Å²) in [4.78, 5) is 15.2. The number of carbonyl (C=O) groups excluding carboxylic acids is 1. The normalized spacial score (nSPS) is 17.6. The lowest BCUT2D eigenvalue weighted by atomic mass is 9.80. The summed E-state index contributed by atoms with van der Waals surface area (Å²) < 4.78 is 5.39. The molecule has 1 aliphatic heterocycles.